The summed E-state index contributed by atoms with van der Waals surface area (Å²) >= 11 is 0. The van der Waals surface area contributed by atoms with Gasteiger partial charge >= 0.3 is 0 Å². The molecule has 144 valence electrons. The van der Waals surface area contributed by atoms with Crippen molar-refractivity contribution in [3.63, 3.8) is 0 Å². The number of fused-ring (bicyclic) bond motifs is 1. The van der Waals surface area contributed by atoms with Crippen molar-refractivity contribution in [2.45, 2.75) is 51.5 Å². The van der Waals surface area contributed by atoms with Gasteiger partial charge in [-0.15, -0.1) is 10.2 Å². The van der Waals surface area contributed by atoms with Crippen molar-refractivity contribution in [1.29, 1.82) is 0 Å². The van der Waals surface area contributed by atoms with Crippen LogP contribution in [0.3, 0.4) is 0 Å². The summed E-state index contributed by atoms with van der Waals surface area (Å²) in [5.41, 5.74) is 0.0792. The van der Waals surface area contributed by atoms with Crippen LogP contribution in [0.25, 0.3) is 0 Å². The molecule has 1 N–H and O–H groups in total. The second kappa shape index (κ2) is 7.01. The van der Waals surface area contributed by atoms with Gasteiger partial charge in [-0.2, -0.15) is 0 Å². The minimum absolute atomic E-state index is 0.0232. The SMILES string of the molecule is CC(C)N1C[C@H](O)C[C@H]1c1nnc2n1CCN(C(=O)c1ccccc1F)C2. The van der Waals surface area contributed by atoms with Crippen LogP contribution in [0.2, 0.25) is 0 Å². The molecule has 27 heavy (non-hydrogen) atoms. The van der Waals surface area contributed by atoms with Crippen LogP contribution in [0.1, 0.15) is 48.3 Å². The molecule has 1 amide bonds. The number of aromatic nitrogens is 3. The van der Waals surface area contributed by atoms with E-state index in [4.69, 9.17) is 0 Å². The molecule has 3 heterocycles. The van der Waals surface area contributed by atoms with Gasteiger partial charge in [-0.3, -0.25) is 9.69 Å². The van der Waals surface area contributed by atoms with E-state index in [1.54, 1.807) is 17.0 Å². The van der Waals surface area contributed by atoms with Crippen LogP contribution in [-0.2, 0) is 13.1 Å². The lowest BCUT2D eigenvalue weighted by atomic mass is 10.1. The smallest absolute Gasteiger partial charge is 0.257 e. The third kappa shape index (κ3) is 3.23. The molecule has 1 aromatic carbocycles. The Hall–Kier alpha value is -2.32. The first-order valence-electron chi connectivity index (χ1n) is 9.35. The number of β-amino-alcohol motifs (C(OH)–C–C–N with tert-alkyl or cyclic N) is 1. The molecule has 0 aliphatic carbocycles. The average Bonchev–Trinajstić information content (AvgIpc) is 3.24. The fourth-order valence-corrected chi connectivity index (χ4v) is 4.07. The Labute approximate surface area is 157 Å². The van der Waals surface area contributed by atoms with Crippen LogP contribution < -0.4 is 0 Å². The van der Waals surface area contributed by atoms with Crippen molar-refractivity contribution in [3.8, 4) is 0 Å². The third-order valence-corrected chi connectivity index (χ3v) is 5.45. The fraction of sp³-hybridized carbons (Fsp3) is 0.526. The highest BCUT2D eigenvalue weighted by Crippen LogP contribution is 2.34. The van der Waals surface area contributed by atoms with E-state index < -0.39 is 5.82 Å². The largest absolute Gasteiger partial charge is 0.392 e. The van der Waals surface area contributed by atoms with Gasteiger partial charge in [0.15, 0.2) is 11.6 Å². The van der Waals surface area contributed by atoms with Crippen molar-refractivity contribution in [2.75, 3.05) is 13.1 Å². The number of carbonyl (C=O) groups excluding carboxylic acids is 1. The summed E-state index contributed by atoms with van der Waals surface area (Å²) in [6.45, 7) is 6.18. The zero-order valence-electron chi connectivity index (χ0n) is 15.5. The van der Waals surface area contributed by atoms with E-state index in [-0.39, 0.29) is 23.6 Å². The third-order valence-electron chi connectivity index (χ3n) is 5.45. The van der Waals surface area contributed by atoms with Crippen LogP contribution in [0.4, 0.5) is 4.39 Å². The van der Waals surface area contributed by atoms with Crippen molar-refractivity contribution < 1.29 is 14.3 Å². The molecular weight excluding hydrogens is 349 g/mol. The van der Waals surface area contributed by atoms with Crippen molar-refractivity contribution in [1.82, 2.24) is 24.6 Å². The predicted molar refractivity (Wildman–Crippen MR) is 96.4 cm³/mol. The number of likely N-dealkylation sites (tertiary alicyclic amines) is 1. The number of halogens is 1. The van der Waals surface area contributed by atoms with Crippen LogP contribution in [0.15, 0.2) is 24.3 Å². The van der Waals surface area contributed by atoms with Crippen molar-refractivity contribution >= 4 is 5.91 Å². The highest BCUT2D eigenvalue weighted by molar-refractivity contribution is 5.94. The van der Waals surface area contributed by atoms with Crippen LogP contribution in [-0.4, -0.2) is 60.8 Å². The molecule has 2 atom stereocenters. The van der Waals surface area contributed by atoms with Crippen molar-refractivity contribution in [2.24, 2.45) is 0 Å². The molecule has 2 aromatic rings. The van der Waals surface area contributed by atoms with E-state index >= 15 is 0 Å². The molecule has 0 spiro atoms. The highest BCUT2D eigenvalue weighted by atomic mass is 19.1. The van der Waals surface area contributed by atoms with Gasteiger partial charge in [0.2, 0.25) is 0 Å². The normalized spacial score (nSPS) is 23.1. The van der Waals surface area contributed by atoms with Gasteiger partial charge in [-0.05, 0) is 32.4 Å². The average molecular weight is 373 g/mol. The molecule has 0 bridgehead atoms. The standard InChI is InChI=1S/C19H24FN5O2/c1-12(2)25-10-13(26)9-16(25)18-22-21-17-11-23(7-8-24(17)18)19(27)14-5-3-4-6-15(14)20/h3-6,12-13,16,26H,7-11H2,1-2H3/t13-,16+/m1/s1. The Kier molecular flexibility index (Phi) is 4.69. The topological polar surface area (TPSA) is 74.5 Å². The Morgan fingerprint density at radius 2 is 2.04 bits per heavy atom. The Balaban J connectivity index is 1.56. The molecule has 7 nitrogen and oxygen atoms in total. The summed E-state index contributed by atoms with van der Waals surface area (Å²) in [6.07, 6.45) is 0.266. The maximum atomic E-state index is 13.9. The summed E-state index contributed by atoms with van der Waals surface area (Å²) in [7, 11) is 0. The number of rotatable bonds is 3. The first kappa shape index (κ1) is 18.1. The maximum absolute atomic E-state index is 13.9. The quantitative estimate of drug-likeness (QED) is 0.884. The van der Waals surface area contributed by atoms with E-state index in [1.165, 1.54) is 12.1 Å². The first-order chi connectivity index (χ1) is 13.0. The molecule has 1 aromatic heterocycles. The number of hydrogen-bond donors (Lipinski definition) is 1. The van der Waals surface area contributed by atoms with Gasteiger partial charge in [-0.25, -0.2) is 4.39 Å². The second-order valence-electron chi connectivity index (χ2n) is 7.53. The number of amides is 1. The van der Waals surface area contributed by atoms with E-state index in [0.29, 0.717) is 44.5 Å². The summed E-state index contributed by atoms with van der Waals surface area (Å²) in [5.74, 6) is 0.700. The van der Waals surface area contributed by atoms with Crippen LogP contribution in [0, 0.1) is 5.82 Å². The minimum atomic E-state index is -0.511. The minimum Gasteiger partial charge on any atom is -0.392 e. The Bertz CT molecular complexity index is 852. The van der Waals surface area contributed by atoms with Gasteiger partial charge in [0.1, 0.15) is 5.82 Å². The maximum Gasteiger partial charge on any atom is 0.257 e. The summed E-state index contributed by atoms with van der Waals surface area (Å²) < 4.78 is 16.0. The Morgan fingerprint density at radius 1 is 1.26 bits per heavy atom. The lowest BCUT2D eigenvalue weighted by Gasteiger charge is -2.31. The van der Waals surface area contributed by atoms with E-state index in [0.717, 1.165) is 5.82 Å². The number of benzene rings is 1. The zero-order chi connectivity index (χ0) is 19.1. The monoisotopic (exact) mass is 373 g/mol. The molecule has 1 fully saturated rings. The summed E-state index contributed by atoms with van der Waals surface area (Å²) in [5, 5.41) is 18.8. The van der Waals surface area contributed by atoms with E-state index in [9.17, 15) is 14.3 Å². The summed E-state index contributed by atoms with van der Waals surface area (Å²) in [6, 6.07) is 6.35. The van der Waals surface area contributed by atoms with Gasteiger partial charge in [-0.1, -0.05) is 12.1 Å². The fourth-order valence-electron chi connectivity index (χ4n) is 4.07. The molecule has 0 radical (unpaired) electrons. The van der Waals surface area contributed by atoms with E-state index in [2.05, 4.69) is 28.9 Å². The number of nitrogens with zero attached hydrogens (tertiary/aromatic N) is 5. The molecular formula is C19H24FN5O2. The second-order valence-corrected chi connectivity index (χ2v) is 7.53. The van der Waals surface area contributed by atoms with E-state index in [1.807, 2.05) is 4.57 Å². The van der Waals surface area contributed by atoms with Crippen molar-refractivity contribution in [3.05, 3.63) is 47.3 Å². The summed E-state index contributed by atoms with van der Waals surface area (Å²) in [4.78, 5) is 16.5. The lowest BCUT2D eigenvalue weighted by Crippen LogP contribution is -2.40. The van der Waals surface area contributed by atoms with Gasteiger partial charge in [0, 0.05) is 25.7 Å². The lowest BCUT2D eigenvalue weighted by molar-refractivity contribution is 0.0699. The van der Waals surface area contributed by atoms with Gasteiger partial charge in [0.25, 0.3) is 5.91 Å². The number of carbonyl (C=O) groups is 1. The van der Waals surface area contributed by atoms with Crippen LogP contribution >= 0.6 is 0 Å². The first-order valence-corrected chi connectivity index (χ1v) is 9.35. The predicted octanol–water partition coefficient (Wildman–Crippen LogP) is 1.59. The van der Waals surface area contributed by atoms with Gasteiger partial charge in [0.05, 0.1) is 24.3 Å². The molecule has 0 saturated carbocycles. The van der Waals surface area contributed by atoms with Gasteiger partial charge < -0.3 is 14.6 Å². The number of hydrogen-bond acceptors (Lipinski definition) is 5. The molecule has 1 saturated heterocycles. The zero-order valence-corrected chi connectivity index (χ0v) is 15.5. The molecule has 2 aliphatic rings. The Morgan fingerprint density at radius 3 is 2.78 bits per heavy atom. The highest BCUT2D eigenvalue weighted by Gasteiger charge is 2.38. The number of aliphatic hydroxyl groups is 1. The molecule has 8 heteroatoms. The molecule has 4 rings (SSSR count). The molecule has 2 aliphatic heterocycles. The van der Waals surface area contributed by atoms with Crippen LogP contribution in [0.5, 0.6) is 0 Å². The molecule has 0 unspecified atom stereocenters. The number of aliphatic hydroxyl groups excluding tert-OH is 1.